The van der Waals surface area contributed by atoms with Gasteiger partial charge in [0.15, 0.2) is 0 Å². The molecule has 5 aliphatic rings. The van der Waals surface area contributed by atoms with Crippen molar-refractivity contribution in [1.29, 1.82) is 0 Å². The van der Waals surface area contributed by atoms with Crippen molar-refractivity contribution < 1.29 is 15.4 Å². The van der Waals surface area contributed by atoms with Crippen LogP contribution in [0.2, 0.25) is 0 Å². The van der Waals surface area contributed by atoms with Crippen LogP contribution in [0.1, 0.15) is 6.42 Å². The number of rotatable bonds is 0. The highest BCUT2D eigenvalue weighted by Crippen LogP contribution is 2.65. The van der Waals surface area contributed by atoms with Crippen LogP contribution >= 0.6 is 0 Å². The van der Waals surface area contributed by atoms with Crippen molar-refractivity contribution in [2.75, 3.05) is 0 Å². The van der Waals surface area contributed by atoms with Crippen molar-refractivity contribution >= 4 is 11.8 Å². The van der Waals surface area contributed by atoms with E-state index in [-0.39, 0.29) is 23.7 Å². The van der Waals surface area contributed by atoms with Crippen molar-refractivity contribution in [3.8, 4) is 0 Å². The summed E-state index contributed by atoms with van der Waals surface area (Å²) in [6.45, 7) is 0. The standard InChI is InChI=1S/C11H12N2O2/c12-13-10(14)8-4-1-2-5(7-3-6(4)7)9(8)11(13)15/h1-2,4-9H,3,12H2/p+1. The molecule has 1 heterocycles. The fourth-order valence-electron chi connectivity index (χ4n) is 4.02. The van der Waals surface area contributed by atoms with E-state index >= 15 is 0 Å². The van der Waals surface area contributed by atoms with Crippen LogP contribution in [0.4, 0.5) is 0 Å². The number of allylic oxidation sites excluding steroid dienone is 2. The number of hydrogen-bond acceptors (Lipinski definition) is 2. The average Bonchev–Trinajstić information content (AvgIpc) is 3.02. The molecule has 4 heteroatoms. The minimum Gasteiger partial charge on any atom is -0.269 e. The van der Waals surface area contributed by atoms with Crippen LogP contribution in [0.25, 0.3) is 0 Å². The number of nitrogens with zero attached hydrogens (tertiary/aromatic N) is 1. The first-order chi connectivity index (χ1) is 7.20. The summed E-state index contributed by atoms with van der Waals surface area (Å²) in [6.07, 6.45) is 5.56. The van der Waals surface area contributed by atoms with Crippen molar-refractivity contribution in [3.05, 3.63) is 12.2 Å². The number of carbonyl (C=O) groups is 2. The van der Waals surface area contributed by atoms with Gasteiger partial charge in [-0.15, -0.1) is 5.01 Å². The summed E-state index contributed by atoms with van der Waals surface area (Å²) in [4.78, 5) is 23.8. The topological polar surface area (TPSA) is 65.0 Å². The third kappa shape index (κ3) is 0.718. The minimum absolute atomic E-state index is 0.0466. The summed E-state index contributed by atoms with van der Waals surface area (Å²) in [5.74, 6) is 5.35. The molecule has 0 aromatic carbocycles. The molecule has 3 N–H and O–H groups in total. The maximum atomic E-state index is 11.9. The van der Waals surface area contributed by atoms with Gasteiger partial charge < -0.3 is 0 Å². The lowest BCUT2D eigenvalue weighted by Gasteiger charge is -2.37. The van der Waals surface area contributed by atoms with E-state index in [0.29, 0.717) is 23.7 Å². The molecule has 1 saturated heterocycles. The Labute approximate surface area is 87.1 Å². The molecule has 2 saturated carbocycles. The van der Waals surface area contributed by atoms with Crippen molar-refractivity contribution in [2.45, 2.75) is 6.42 Å². The molecule has 4 nitrogen and oxygen atoms in total. The first-order valence-corrected chi connectivity index (χ1v) is 5.57. The normalized spacial score (nSPS) is 54.6. The van der Waals surface area contributed by atoms with E-state index < -0.39 is 0 Å². The second-order valence-electron chi connectivity index (χ2n) is 5.26. The van der Waals surface area contributed by atoms with Gasteiger partial charge in [-0.25, -0.2) is 5.84 Å². The Morgan fingerprint density at radius 1 is 1.07 bits per heavy atom. The van der Waals surface area contributed by atoms with Gasteiger partial charge in [0, 0.05) is 0 Å². The zero-order chi connectivity index (χ0) is 10.3. The third-order valence-electron chi connectivity index (χ3n) is 4.75. The van der Waals surface area contributed by atoms with Crippen LogP contribution in [0.3, 0.4) is 0 Å². The Kier molecular flexibility index (Phi) is 1.16. The quantitative estimate of drug-likeness (QED) is 0.415. The lowest BCUT2D eigenvalue weighted by Crippen LogP contribution is -2.70. The number of imide groups is 1. The van der Waals surface area contributed by atoms with Crippen LogP contribution in [-0.4, -0.2) is 16.8 Å². The van der Waals surface area contributed by atoms with Gasteiger partial charge in [-0.3, -0.25) is 9.59 Å². The van der Waals surface area contributed by atoms with Crippen LogP contribution in [0.5, 0.6) is 0 Å². The fraction of sp³-hybridized carbons (Fsp3) is 0.636. The molecule has 2 bridgehead atoms. The molecule has 2 amide bonds. The van der Waals surface area contributed by atoms with Crippen LogP contribution < -0.4 is 5.84 Å². The van der Waals surface area contributed by atoms with E-state index in [1.165, 1.54) is 6.42 Å². The lowest BCUT2D eigenvalue weighted by molar-refractivity contribution is -0.526. The summed E-state index contributed by atoms with van der Waals surface area (Å²) in [5, 5.41) is 1.10. The van der Waals surface area contributed by atoms with E-state index in [2.05, 4.69) is 18.0 Å². The first kappa shape index (κ1) is 8.05. The second-order valence-corrected chi connectivity index (χ2v) is 5.26. The Hall–Kier alpha value is -1.16. The Morgan fingerprint density at radius 3 is 2.00 bits per heavy atom. The largest absolute Gasteiger partial charge is 0.280 e. The predicted molar refractivity (Wildman–Crippen MR) is 49.4 cm³/mol. The Morgan fingerprint density at radius 2 is 1.53 bits per heavy atom. The Balaban J connectivity index is 1.86. The zero-order valence-electron chi connectivity index (χ0n) is 8.30. The van der Waals surface area contributed by atoms with Gasteiger partial charge in [-0.2, -0.15) is 0 Å². The highest BCUT2D eigenvalue weighted by molar-refractivity contribution is 6.04. The number of carbonyl (C=O) groups excluding carboxylic acids is 2. The van der Waals surface area contributed by atoms with Crippen molar-refractivity contribution in [3.63, 3.8) is 0 Å². The van der Waals surface area contributed by atoms with Crippen molar-refractivity contribution in [2.24, 2.45) is 35.5 Å². The third-order valence-corrected chi connectivity index (χ3v) is 4.75. The number of hydrogen-bond donors (Lipinski definition) is 1. The molecular weight excluding hydrogens is 192 g/mol. The predicted octanol–water partition coefficient (Wildman–Crippen LogP) is -0.804. The molecule has 1 aliphatic heterocycles. The van der Waals surface area contributed by atoms with Crippen LogP contribution in [0, 0.1) is 35.5 Å². The first-order valence-electron chi connectivity index (χ1n) is 5.57. The number of amides is 2. The van der Waals surface area contributed by atoms with Gasteiger partial charge in [0.25, 0.3) is 11.8 Å². The molecule has 3 fully saturated rings. The van der Waals surface area contributed by atoms with E-state index in [4.69, 9.17) is 0 Å². The lowest BCUT2D eigenvalue weighted by atomic mass is 9.63. The molecule has 78 valence electrons. The Bertz CT molecular complexity index is 381. The van der Waals surface area contributed by atoms with Gasteiger partial charge in [0.2, 0.25) is 0 Å². The summed E-state index contributed by atoms with van der Waals surface area (Å²) < 4.78 is 0. The summed E-state index contributed by atoms with van der Waals surface area (Å²) >= 11 is 0. The number of quaternary nitrogens is 1. The maximum absolute atomic E-state index is 11.9. The molecule has 6 atom stereocenters. The second kappa shape index (κ2) is 2.16. The van der Waals surface area contributed by atoms with Gasteiger partial charge in [-0.05, 0) is 30.1 Å². The van der Waals surface area contributed by atoms with Gasteiger partial charge in [0.1, 0.15) is 0 Å². The molecular formula is C11H13N2O2+. The fourth-order valence-corrected chi connectivity index (χ4v) is 4.02. The van der Waals surface area contributed by atoms with E-state index in [1.807, 2.05) is 0 Å². The van der Waals surface area contributed by atoms with Crippen LogP contribution in [-0.2, 0) is 9.59 Å². The maximum Gasteiger partial charge on any atom is 0.280 e. The van der Waals surface area contributed by atoms with Gasteiger partial charge in [-0.1, -0.05) is 12.2 Å². The SMILES string of the molecule is [NH3+]N1C(=O)C2C3C=CC(C4CC34)C2C1=O. The van der Waals surface area contributed by atoms with Crippen molar-refractivity contribution in [1.82, 2.24) is 5.01 Å². The molecule has 6 unspecified atom stereocenters. The van der Waals surface area contributed by atoms with Gasteiger partial charge in [0.05, 0.1) is 11.8 Å². The van der Waals surface area contributed by atoms with Crippen LogP contribution in [0.15, 0.2) is 12.2 Å². The van der Waals surface area contributed by atoms with E-state index in [9.17, 15) is 9.59 Å². The van der Waals surface area contributed by atoms with E-state index in [0.717, 1.165) is 5.01 Å². The summed E-state index contributed by atoms with van der Waals surface area (Å²) in [6, 6.07) is 0. The monoisotopic (exact) mass is 205 g/mol. The minimum atomic E-state index is -0.0752. The highest BCUT2D eigenvalue weighted by Gasteiger charge is 2.67. The molecule has 15 heavy (non-hydrogen) atoms. The highest BCUT2D eigenvalue weighted by atomic mass is 16.2. The van der Waals surface area contributed by atoms with E-state index in [1.54, 1.807) is 0 Å². The molecule has 0 radical (unpaired) electrons. The zero-order valence-corrected chi connectivity index (χ0v) is 8.30. The van der Waals surface area contributed by atoms with Gasteiger partial charge >= 0.3 is 0 Å². The molecule has 0 aromatic rings. The molecule has 4 aliphatic carbocycles. The molecule has 0 spiro atoms. The average molecular weight is 205 g/mol. The summed E-state index contributed by atoms with van der Waals surface area (Å²) in [7, 11) is 0. The molecule has 5 rings (SSSR count). The smallest absolute Gasteiger partial charge is 0.269 e. The summed E-state index contributed by atoms with van der Waals surface area (Å²) in [5.41, 5.74) is 0. The molecule has 0 aromatic heterocycles.